The number of aromatic nitrogens is 4. The third kappa shape index (κ3) is 2.20. The molecule has 0 bridgehead atoms. The highest BCUT2D eigenvalue weighted by Gasteiger charge is 2.20. The summed E-state index contributed by atoms with van der Waals surface area (Å²) in [6, 6.07) is 16.1. The normalized spacial score (nSPS) is 13.3. The Morgan fingerprint density at radius 1 is 1.00 bits per heavy atom. The van der Waals surface area contributed by atoms with Crippen LogP contribution in [0.15, 0.2) is 59.7 Å². The fourth-order valence-corrected chi connectivity index (χ4v) is 3.59. The molecule has 0 amide bonds. The third-order valence-corrected chi connectivity index (χ3v) is 4.85. The monoisotopic (exact) mass is 347 g/mol. The lowest BCUT2D eigenvalue weighted by atomic mass is 10.1. The van der Waals surface area contributed by atoms with Crippen molar-refractivity contribution in [2.45, 2.75) is 6.54 Å². The van der Waals surface area contributed by atoms with Gasteiger partial charge < -0.3 is 4.57 Å². The van der Waals surface area contributed by atoms with Gasteiger partial charge in [0.25, 0.3) is 0 Å². The van der Waals surface area contributed by atoms with Gasteiger partial charge in [0.05, 0.1) is 23.6 Å². The summed E-state index contributed by atoms with van der Waals surface area (Å²) in [6.07, 6.45) is 2.05. The van der Waals surface area contributed by atoms with Crippen LogP contribution in [0.5, 0.6) is 0 Å². The minimum atomic E-state index is 0.546. The van der Waals surface area contributed by atoms with Crippen molar-refractivity contribution in [1.29, 1.82) is 0 Å². The van der Waals surface area contributed by atoms with Crippen LogP contribution in [-0.2, 0) is 13.6 Å². The van der Waals surface area contributed by atoms with Crippen molar-refractivity contribution in [3.8, 4) is 5.69 Å². The van der Waals surface area contributed by atoms with Crippen molar-refractivity contribution in [3.63, 3.8) is 0 Å². The average molecular weight is 348 g/mol. The maximum absolute atomic E-state index is 6.42. The molecule has 2 aromatic heterocycles. The maximum Gasteiger partial charge on any atom is 0.113 e. The molecule has 0 spiro atoms. The van der Waals surface area contributed by atoms with Gasteiger partial charge in [-0.25, -0.2) is 0 Å². The Kier molecular flexibility index (Phi) is 3.05. The molecule has 0 unspecified atom stereocenters. The van der Waals surface area contributed by atoms with Gasteiger partial charge in [0.1, 0.15) is 11.0 Å². The largest absolute Gasteiger partial charge is 0.315 e. The topological polar surface area (TPSA) is 48.0 Å². The lowest BCUT2D eigenvalue weighted by Gasteiger charge is -2.11. The van der Waals surface area contributed by atoms with Crippen LogP contribution in [0.4, 0.5) is 0 Å². The smallest absolute Gasteiger partial charge is 0.113 e. The Bertz CT molecular complexity index is 1150. The number of aliphatic imine (C=N–C) groups is 1. The van der Waals surface area contributed by atoms with Gasteiger partial charge in [0.2, 0.25) is 0 Å². The van der Waals surface area contributed by atoms with E-state index >= 15 is 0 Å². The van der Waals surface area contributed by atoms with E-state index in [9.17, 15) is 0 Å². The summed E-state index contributed by atoms with van der Waals surface area (Å²) < 4.78 is 2.15. The molecular weight excluding hydrogens is 334 g/mol. The Labute approximate surface area is 149 Å². The van der Waals surface area contributed by atoms with E-state index in [1.165, 1.54) is 0 Å². The van der Waals surface area contributed by atoms with Crippen molar-refractivity contribution in [3.05, 3.63) is 76.6 Å². The fraction of sp³-hybridized carbons (Fsp3) is 0.105. The molecule has 1 aliphatic rings. The number of halogens is 1. The van der Waals surface area contributed by atoms with Gasteiger partial charge >= 0.3 is 0 Å². The van der Waals surface area contributed by atoms with Crippen LogP contribution in [0, 0.1) is 0 Å². The molecule has 25 heavy (non-hydrogen) atoms. The van der Waals surface area contributed by atoms with E-state index in [1.54, 1.807) is 4.80 Å². The lowest BCUT2D eigenvalue weighted by Crippen LogP contribution is -2.08. The number of nitrogens with zero attached hydrogens (tertiary/aromatic N) is 5. The van der Waals surface area contributed by atoms with E-state index in [0.717, 1.165) is 44.3 Å². The van der Waals surface area contributed by atoms with Crippen LogP contribution >= 0.6 is 11.6 Å². The molecule has 0 radical (unpaired) electrons. The van der Waals surface area contributed by atoms with Crippen molar-refractivity contribution < 1.29 is 0 Å². The second-order valence-corrected chi connectivity index (χ2v) is 6.47. The number of hydrogen-bond donors (Lipinski definition) is 0. The van der Waals surface area contributed by atoms with E-state index < -0.39 is 0 Å². The summed E-state index contributed by atoms with van der Waals surface area (Å²) in [5.74, 6) is 0. The van der Waals surface area contributed by atoms with Gasteiger partial charge in [0, 0.05) is 29.4 Å². The van der Waals surface area contributed by atoms with Gasteiger partial charge in [-0.1, -0.05) is 23.7 Å². The molecule has 0 fully saturated rings. The molecule has 6 heteroatoms. The number of hydrogen-bond acceptors (Lipinski definition) is 3. The van der Waals surface area contributed by atoms with E-state index in [-0.39, 0.29) is 0 Å². The summed E-state index contributed by atoms with van der Waals surface area (Å²) in [5.41, 5.74) is 6.86. The van der Waals surface area contributed by atoms with Crippen molar-refractivity contribution in [2.75, 3.05) is 0 Å². The highest BCUT2D eigenvalue weighted by Crippen LogP contribution is 2.30. The van der Waals surface area contributed by atoms with E-state index in [2.05, 4.69) is 26.9 Å². The molecule has 5 rings (SSSR count). The number of fused-ring (bicyclic) bond motifs is 4. The molecule has 0 saturated heterocycles. The van der Waals surface area contributed by atoms with Crippen LogP contribution < -0.4 is 0 Å². The van der Waals surface area contributed by atoms with Crippen LogP contribution in [0.25, 0.3) is 16.7 Å². The highest BCUT2D eigenvalue weighted by molar-refractivity contribution is 6.31. The molecule has 0 saturated carbocycles. The zero-order valence-corrected chi connectivity index (χ0v) is 14.3. The highest BCUT2D eigenvalue weighted by atomic mass is 35.5. The Hall–Kier alpha value is -2.92. The molecular formula is C19H14ClN5. The summed E-state index contributed by atoms with van der Waals surface area (Å²) in [7, 11) is 1.83. The standard InChI is InChI=1S/C19H14ClN5/c1-24-22-15-8-7-12(10-16(15)23-24)19-18-6-3-9-25(18)17-5-2-4-14(20)13(17)11-21-19/h2-10H,11H2,1H3. The molecule has 0 atom stereocenters. The molecule has 0 N–H and O–H groups in total. The first-order valence-corrected chi connectivity index (χ1v) is 8.40. The zero-order valence-electron chi connectivity index (χ0n) is 13.5. The average Bonchev–Trinajstić information content (AvgIpc) is 3.18. The van der Waals surface area contributed by atoms with Gasteiger partial charge in [-0.15, -0.1) is 0 Å². The lowest BCUT2D eigenvalue weighted by molar-refractivity contribution is 0.665. The van der Waals surface area contributed by atoms with Crippen LogP contribution in [0.2, 0.25) is 5.02 Å². The van der Waals surface area contributed by atoms with Gasteiger partial charge in [-0.3, -0.25) is 4.99 Å². The molecule has 0 aliphatic carbocycles. The predicted octanol–water partition coefficient (Wildman–Crippen LogP) is 3.76. The summed E-state index contributed by atoms with van der Waals surface area (Å²) >= 11 is 6.42. The second kappa shape index (κ2) is 5.29. The van der Waals surface area contributed by atoms with Crippen LogP contribution in [0.1, 0.15) is 16.8 Å². The molecule has 5 nitrogen and oxygen atoms in total. The van der Waals surface area contributed by atoms with Crippen molar-refractivity contribution in [1.82, 2.24) is 19.6 Å². The number of benzene rings is 2. The Morgan fingerprint density at radius 2 is 1.88 bits per heavy atom. The van der Waals surface area contributed by atoms with Crippen molar-refractivity contribution in [2.24, 2.45) is 12.0 Å². The van der Waals surface area contributed by atoms with Crippen LogP contribution in [-0.4, -0.2) is 25.3 Å². The molecule has 1 aliphatic heterocycles. The maximum atomic E-state index is 6.42. The van der Waals surface area contributed by atoms with Gasteiger partial charge in [-0.05, 0) is 36.4 Å². The van der Waals surface area contributed by atoms with Crippen molar-refractivity contribution >= 4 is 28.3 Å². The van der Waals surface area contributed by atoms with Gasteiger partial charge in [-0.2, -0.15) is 15.0 Å². The van der Waals surface area contributed by atoms with E-state index in [1.807, 2.05) is 49.6 Å². The Morgan fingerprint density at radius 3 is 2.80 bits per heavy atom. The minimum absolute atomic E-state index is 0.546. The first-order valence-electron chi connectivity index (χ1n) is 8.02. The Balaban J connectivity index is 1.73. The first-order chi connectivity index (χ1) is 12.2. The first kappa shape index (κ1) is 14.4. The molecule has 3 heterocycles. The zero-order chi connectivity index (χ0) is 17.0. The van der Waals surface area contributed by atoms with Crippen LogP contribution in [0.3, 0.4) is 0 Å². The fourth-order valence-electron chi connectivity index (χ4n) is 3.36. The molecule has 4 aromatic rings. The number of rotatable bonds is 1. The van der Waals surface area contributed by atoms with Gasteiger partial charge in [0.15, 0.2) is 0 Å². The summed E-state index contributed by atoms with van der Waals surface area (Å²) in [6.45, 7) is 0.546. The predicted molar refractivity (Wildman–Crippen MR) is 98.6 cm³/mol. The molecule has 2 aromatic carbocycles. The quantitative estimate of drug-likeness (QED) is 0.526. The SMILES string of the molecule is Cn1nc2ccc(C3=NCc4c(Cl)cccc4-n4cccc43)cc2n1. The van der Waals surface area contributed by atoms with E-state index in [0.29, 0.717) is 6.54 Å². The summed E-state index contributed by atoms with van der Waals surface area (Å²) in [4.78, 5) is 6.46. The van der Waals surface area contributed by atoms with E-state index in [4.69, 9.17) is 16.6 Å². The summed E-state index contributed by atoms with van der Waals surface area (Å²) in [5, 5.41) is 9.49. The number of aryl methyl sites for hydroxylation is 1. The molecule has 122 valence electrons. The minimum Gasteiger partial charge on any atom is -0.315 e. The third-order valence-electron chi connectivity index (χ3n) is 4.49. The second-order valence-electron chi connectivity index (χ2n) is 6.06.